The van der Waals surface area contributed by atoms with Gasteiger partial charge in [0, 0.05) is 0 Å². The van der Waals surface area contributed by atoms with Crippen LogP contribution in [-0.4, -0.2) is 22.5 Å². The van der Waals surface area contributed by atoms with E-state index in [1.54, 1.807) is 0 Å². The zero-order valence-corrected chi connectivity index (χ0v) is 9.02. The van der Waals surface area contributed by atoms with Crippen molar-refractivity contribution < 1.29 is 0 Å². The van der Waals surface area contributed by atoms with E-state index in [0.29, 0.717) is 0 Å². The van der Waals surface area contributed by atoms with E-state index < -0.39 is 0 Å². The predicted octanol–water partition coefficient (Wildman–Crippen LogP) is 1.74. The first kappa shape index (κ1) is 6.91. The van der Waals surface area contributed by atoms with Crippen LogP contribution in [0.1, 0.15) is 26.7 Å². The van der Waals surface area contributed by atoms with Gasteiger partial charge in [0.2, 0.25) is 0 Å². The molecule has 2 radical (unpaired) electrons. The Balaban J connectivity index is 2.44. The Morgan fingerprint density at radius 2 is 1.88 bits per heavy atom. The second kappa shape index (κ2) is 2.59. The summed E-state index contributed by atoms with van der Waals surface area (Å²) >= 11 is 1.49. The van der Waals surface area contributed by atoms with Gasteiger partial charge in [-0.15, -0.1) is 0 Å². The predicted molar refractivity (Wildman–Crippen MR) is 38.5 cm³/mol. The van der Waals surface area contributed by atoms with E-state index in [1.165, 1.54) is 35.4 Å². The molecule has 1 rings (SSSR count). The summed E-state index contributed by atoms with van der Waals surface area (Å²) in [7, 11) is 0. The molecule has 0 nitrogen and oxygen atoms in total. The third kappa shape index (κ3) is 1.20. The monoisotopic (exact) mass is 218 g/mol. The van der Waals surface area contributed by atoms with Crippen molar-refractivity contribution in [2.75, 3.05) is 0 Å². The van der Waals surface area contributed by atoms with E-state index in [2.05, 4.69) is 13.8 Å². The third-order valence-electron chi connectivity index (χ3n) is 2.53. The summed E-state index contributed by atoms with van der Waals surface area (Å²) in [4.78, 5) is 0. The average molecular weight is 217 g/mol. The molecule has 0 saturated heterocycles. The van der Waals surface area contributed by atoms with E-state index in [9.17, 15) is 0 Å². The first-order valence-electron chi connectivity index (χ1n) is 3.47. The summed E-state index contributed by atoms with van der Waals surface area (Å²) in [5, 5.41) is 0. The van der Waals surface area contributed by atoms with Gasteiger partial charge in [0.15, 0.2) is 0 Å². The molecule has 0 aromatic heterocycles. The Hall–Kier alpha value is 0.799. The molecule has 0 bridgehead atoms. The first-order chi connectivity index (χ1) is 3.72. The molecule has 3 unspecified atom stereocenters. The summed E-state index contributed by atoms with van der Waals surface area (Å²) in [6.07, 6.45) is 3.01. The Labute approximate surface area is 65.1 Å². The van der Waals surface area contributed by atoms with Crippen molar-refractivity contribution in [2.45, 2.75) is 30.6 Å². The van der Waals surface area contributed by atoms with Crippen LogP contribution in [0.5, 0.6) is 0 Å². The van der Waals surface area contributed by atoms with E-state index >= 15 is 0 Å². The van der Waals surface area contributed by atoms with Gasteiger partial charge in [-0.3, -0.25) is 0 Å². The van der Waals surface area contributed by atoms with Crippen molar-refractivity contribution >= 4 is 22.5 Å². The summed E-state index contributed by atoms with van der Waals surface area (Å²) in [5.41, 5.74) is 0. The molecule has 1 fully saturated rings. The number of hydrogen-bond donors (Lipinski definition) is 0. The van der Waals surface area contributed by atoms with Crippen molar-refractivity contribution in [2.24, 2.45) is 11.8 Å². The molecule has 3 atom stereocenters. The molecular weight excluding hydrogens is 203 g/mol. The third-order valence-corrected chi connectivity index (χ3v) is 5.21. The standard InChI is InChI=1S/C7H13.Sn.H/c1-6-4-3-5-7(6)2;;/h4,6-7H,3,5H2,1-2H3;;. The van der Waals surface area contributed by atoms with Gasteiger partial charge in [-0.2, -0.15) is 0 Å². The minimum absolute atomic E-state index is 1.02. The van der Waals surface area contributed by atoms with Crippen LogP contribution in [0.15, 0.2) is 0 Å². The van der Waals surface area contributed by atoms with E-state index in [0.717, 1.165) is 15.8 Å². The summed E-state index contributed by atoms with van der Waals surface area (Å²) in [6, 6.07) is 0. The van der Waals surface area contributed by atoms with Gasteiger partial charge in [-0.05, 0) is 0 Å². The van der Waals surface area contributed by atoms with Crippen LogP contribution in [0.25, 0.3) is 0 Å². The Morgan fingerprint density at radius 1 is 1.25 bits per heavy atom. The molecule has 8 heavy (non-hydrogen) atoms. The van der Waals surface area contributed by atoms with Crippen molar-refractivity contribution in [1.82, 2.24) is 0 Å². The average Bonchev–Trinajstić information content (AvgIpc) is 1.98. The molecule has 0 aromatic carbocycles. The van der Waals surface area contributed by atoms with Crippen LogP contribution >= 0.6 is 0 Å². The van der Waals surface area contributed by atoms with Gasteiger partial charge in [-0.1, -0.05) is 0 Å². The fourth-order valence-electron chi connectivity index (χ4n) is 1.40. The maximum atomic E-state index is 2.41. The number of hydrogen-bond acceptors (Lipinski definition) is 0. The van der Waals surface area contributed by atoms with Crippen molar-refractivity contribution in [3.8, 4) is 0 Å². The van der Waals surface area contributed by atoms with E-state index in [-0.39, 0.29) is 0 Å². The van der Waals surface area contributed by atoms with Crippen LogP contribution in [0.3, 0.4) is 0 Å². The van der Waals surface area contributed by atoms with Crippen LogP contribution < -0.4 is 0 Å². The van der Waals surface area contributed by atoms with Gasteiger partial charge in [0.25, 0.3) is 0 Å². The fourth-order valence-corrected chi connectivity index (χ4v) is 3.04. The molecule has 1 aliphatic rings. The zero-order valence-electron chi connectivity index (χ0n) is 5.72. The SMILES string of the molecule is CC1CC[CH]([SnH])C1C. The number of rotatable bonds is 0. The molecule has 0 N–H and O–H groups in total. The van der Waals surface area contributed by atoms with Crippen LogP contribution in [0.4, 0.5) is 0 Å². The maximum absolute atomic E-state index is 2.41. The summed E-state index contributed by atoms with van der Waals surface area (Å²) in [6.45, 7) is 4.80. The van der Waals surface area contributed by atoms with Gasteiger partial charge < -0.3 is 0 Å². The molecule has 0 heterocycles. The minimum atomic E-state index is 1.02. The van der Waals surface area contributed by atoms with Gasteiger partial charge in [0.05, 0.1) is 0 Å². The molecule has 0 amide bonds. The first-order valence-corrected chi connectivity index (χ1v) is 5.37. The molecule has 1 heteroatoms. The van der Waals surface area contributed by atoms with Crippen molar-refractivity contribution in [3.05, 3.63) is 0 Å². The fraction of sp³-hybridized carbons (Fsp3) is 1.00. The Morgan fingerprint density at radius 3 is 2.00 bits per heavy atom. The van der Waals surface area contributed by atoms with Crippen LogP contribution in [0, 0.1) is 11.8 Å². The van der Waals surface area contributed by atoms with Crippen LogP contribution in [-0.2, 0) is 0 Å². The Kier molecular flexibility index (Phi) is 2.24. The molecule has 0 aromatic rings. The molecule has 1 saturated carbocycles. The molecular formula is C7H14Sn. The van der Waals surface area contributed by atoms with Gasteiger partial charge >= 0.3 is 65.0 Å². The van der Waals surface area contributed by atoms with Crippen molar-refractivity contribution in [1.29, 1.82) is 0 Å². The molecule has 46 valence electrons. The van der Waals surface area contributed by atoms with E-state index in [1.807, 2.05) is 0 Å². The molecule has 1 aliphatic carbocycles. The quantitative estimate of drug-likeness (QED) is 0.542. The second-order valence-electron chi connectivity index (χ2n) is 3.08. The Bertz CT molecular complexity index is 70.5. The molecule has 0 spiro atoms. The summed E-state index contributed by atoms with van der Waals surface area (Å²) < 4.78 is 1.12. The van der Waals surface area contributed by atoms with Crippen molar-refractivity contribution in [3.63, 3.8) is 0 Å². The van der Waals surface area contributed by atoms with E-state index in [4.69, 9.17) is 0 Å². The van der Waals surface area contributed by atoms with Gasteiger partial charge in [0.1, 0.15) is 0 Å². The molecule has 0 aliphatic heterocycles. The van der Waals surface area contributed by atoms with Gasteiger partial charge in [-0.25, -0.2) is 0 Å². The normalized spacial score (nSPS) is 47.6. The van der Waals surface area contributed by atoms with Crippen LogP contribution in [0.2, 0.25) is 3.93 Å². The zero-order chi connectivity index (χ0) is 6.15. The summed E-state index contributed by atoms with van der Waals surface area (Å²) in [5.74, 6) is 2.06. The topological polar surface area (TPSA) is 0 Å². The second-order valence-corrected chi connectivity index (χ2v) is 5.52.